The molecule has 4 heterocycles. The Morgan fingerprint density at radius 1 is 0.974 bits per heavy atom. The molecular weight excluding hydrogens is 478 g/mol. The summed E-state index contributed by atoms with van der Waals surface area (Å²) in [6, 6.07) is 17.4. The number of hydrogen-bond acceptors (Lipinski definition) is 9. The zero-order valence-corrected chi connectivity index (χ0v) is 20.7. The van der Waals surface area contributed by atoms with E-state index in [2.05, 4.69) is 36.7 Å². The third kappa shape index (κ3) is 5.19. The number of rotatable bonds is 7. The Kier molecular flexibility index (Phi) is 6.66. The number of fused-ring (bicyclic) bond motifs is 1. The van der Waals surface area contributed by atoms with Crippen molar-refractivity contribution in [2.24, 2.45) is 5.92 Å². The molecule has 0 unspecified atom stereocenters. The SMILES string of the molecule is N#Cc1cccc(-c2cnc3nnn(Cc4cccc(-c5ncc(OCC6CCNCC6)cn5)c4)c3n2)c1. The summed E-state index contributed by atoms with van der Waals surface area (Å²) in [7, 11) is 0. The lowest BCUT2D eigenvalue weighted by Crippen LogP contribution is -2.30. The van der Waals surface area contributed by atoms with Crippen LogP contribution in [0.2, 0.25) is 0 Å². The monoisotopic (exact) mass is 503 g/mol. The van der Waals surface area contributed by atoms with Crippen LogP contribution in [0.25, 0.3) is 33.9 Å². The van der Waals surface area contributed by atoms with Gasteiger partial charge in [0.1, 0.15) is 0 Å². The molecule has 1 aliphatic heterocycles. The minimum Gasteiger partial charge on any atom is -0.490 e. The number of piperidine rings is 1. The number of nitrogens with one attached hydrogen (secondary N) is 1. The van der Waals surface area contributed by atoms with Crippen LogP contribution < -0.4 is 10.1 Å². The highest BCUT2D eigenvalue weighted by Crippen LogP contribution is 2.22. The summed E-state index contributed by atoms with van der Waals surface area (Å²) in [5.74, 6) is 1.89. The number of nitrogens with zero attached hydrogens (tertiary/aromatic N) is 8. The van der Waals surface area contributed by atoms with Crippen LogP contribution in [0.5, 0.6) is 5.75 Å². The summed E-state index contributed by atoms with van der Waals surface area (Å²) in [5, 5.41) is 21.0. The number of nitriles is 1. The van der Waals surface area contributed by atoms with Crippen LogP contribution in [0, 0.1) is 17.2 Å². The lowest BCUT2D eigenvalue weighted by molar-refractivity contribution is 0.214. The van der Waals surface area contributed by atoms with E-state index in [0.717, 1.165) is 42.6 Å². The molecule has 1 fully saturated rings. The second kappa shape index (κ2) is 10.7. The zero-order chi connectivity index (χ0) is 25.7. The van der Waals surface area contributed by atoms with Crippen LogP contribution in [0.3, 0.4) is 0 Å². The van der Waals surface area contributed by atoms with Crippen molar-refractivity contribution in [1.82, 2.24) is 40.2 Å². The Morgan fingerprint density at radius 3 is 2.63 bits per heavy atom. The minimum absolute atomic E-state index is 0.456. The molecule has 1 aliphatic rings. The van der Waals surface area contributed by atoms with Gasteiger partial charge in [-0.05, 0) is 55.6 Å². The van der Waals surface area contributed by atoms with Gasteiger partial charge in [-0.1, -0.05) is 35.5 Å². The smallest absolute Gasteiger partial charge is 0.221 e. The van der Waals surface area contributed by atoms with Crippen LogP contribution in [-0.2, 0) is 6.54 Å². The van der Waals surface area contributed by atoms with Crippen molar-refractivity contribution >= 4 is 11.3 Å². The van der Waals surface area contributed by atoms with Gasteiger partial charge < -0.3 is 10.1 Å². The van der Waals surface area contributed by atoms with Crippen molar-refractivity contribution in [3.05, 3.63) is 78.2 Å². The number of ether oxygens (including phenoxy) is 1. The van der Waals surface area contributed by atoms with Gasteiger partial charge >= 0.3 is 0 Å². The fraction of sp³-hybridized carbons (Fsp3) is 0.250. The van der Waals surface area contributed by atoms with Crippen molar-refractivity contribution in [1.29, 1.82) is 5.26 Å². The maximum atomic E-state index is 9.22. The average molecular weight is 504 g/mol. The molecule has 0 bridgehead atoms. The molecule has 0 saturated carbocycles. The van der Waals surface area contributed by atoms with Gasteiger partial charge in [0.25, 0.3) is 0 Å². The van der Waals surface area contributed by atoms with Crippen molar-refractivity contribution in [3.8, 4) is 34.5 Å². The number of hydrogen-bond donors (Lipinski definition) is 1. The summed E-state index contributed by atoms with van der Waals surface area (Å²) in [5.41, 5.74) is 4.97. The summed E-state index contributed by atoms with van der Waals surface area (Å²) >= 11 is 0. The van der Waals surface area contributed by atoms with Gasteiger partial charge in [-0.2, -0.15) is 5.26 Å². The number of aromatic nitrogens is 7. The predicted octanol–water partition coefficient (Wildman–Crippen LogP) is 3.64. The molecule has 38 heavy (non-hydrogen) atoms. The molecule has 2 aromatic carbocycles. The molecule has 0 aliphatic carbocycles. The highest BCUT2D eigenvalue weighted by molar-refractivity contribution is 5.70. The van der Waals surface area contributed by atoms with Crippen LogP contribution >= 0.6 is 0 Å². The molecule has 1 saturated heterocycles. The van der Waals surface area contributed by atoms with E-state index < -0.39 is 0 Å². The molecule has 1 N–H and O–H groups in total. The van der Waals surface area contributed by atoms with Crippen molar-refractivity contribution < 1.29 is 4.74 Å². The van der Waals surface area contributed by atoms with Crippen LogP contribution in [0.15, 0.2) is 67.1 Å². The van der Waals surface area contributed by atoms with Gasteiger partial charge in [-0.25, -0.2) is 24.6 Å². The van der Waals surface area contributed by atoms with Gasteiger partial charge in [-0.3, -0.25) is 0 Å². The van der Waals surface area contributed by atoms with E-state index in [9.17, 15) is 5.26 Å². The summed E-state index contributed by atoms with van der Waals surface area (Å²) < 4.78 is 7.65. The van der Waals surface area contributed by atoms with Crippen molar-refractivity contribution in [2.45, 2.75) is 19.4 Å². The van der Waals surface area contributed by atoms with Crippen molar-refractivity contribution in [3.63, 3.8) is 0 Å². The Labute approximate surface area is 219 Å². The van der Waals surface area contributed by atoms with E-state index in [-0.39, 0.29) is 0 Å². The lowest BCUT2D eigenvalue weighted by atomic mass is 9.99. The zero-order valence-electron chi connectivity index (χ0n) is 20.7. The Balaban J connectivity index is 1.19. The standard InChI is InChI=1S/C28H25N9O/c29-13-20-3-1-5-22(11-20)25-16-33-27-28(34-25)37(36-35-27)17-21-4-2-6-23(12-21)26-31-14-24(15-32-26)38-18-19-7-9-30-10-8-19/h1-6,11-12,14-16,19,30H,7-10,17-18H2. The van der Waals surface area contributed by atoms with Gasteiger partial charge in [0.05, 0.1) is 49.1 Å². The van der Waals surface area contributed by atoms with Crippen LogP contribution in [-0.4, -0.2) is 54.6 Å². The highest BCUT2D eigenvalue weighted by Gasteiger charge is 2.14. The first kappa shape index (κ1) is 23.6. The van der Waals surface area contributed by atoms with E-state index >= 15 is 0 Å². The van der Waals surface area contributed by atoms with Gasteiger partial charge in [0.2, 0.25) is 5.65 Å². The molecule has 6 rings (SSSR count). The highest BCUT2D eigenvalue weighted by atomic mass is 16.5. The molecule has 188 valence electrons. The van der Waals surface area contributed by atoms with E-state index in [0.29, 0.717) is 53.2 Å². The topological polar surface area (TPSA) is 127 Å². The molecule has 0 atom stereocenters. The van der Waals surface area contributed by atoms with Gasteiger partial charge in [0, 0.05) is 11.1 Å². The summed E-state index contributed by atoms with van der Waals surface area (Å²) in [6.07, 6.45) is 7.39. The van der Waals surface area contributed by atoms with Gasteiger partial charge in [-0.15, -0.1) is 5.10 Å². The Bertz CT molecular complexity index is 1600. The van der Waals surface area contributed by atoms with Crippen LogP contribution in [0.1, 0.15) is 24.0 Å². The Morgan fingerprint density at radius 2 is 1.79 bits per heavy atom. The summed E-state index contributed by atoms with van der Waals surface area (Å²) in [4.78, 5) is 18.2. The van der Waals surface area contributed by atoms with Gasteiger partial charge in [0.15, 0.2) is 17.2 Å². The molecule has 0 amide bonds. The fourth-order valence-corrected chi connectivity index (χ4v) is 4.53. The molecule has 3 aromatic heterocycles. The Hall–Kier alpha value is -4.75. The normalized spacial score (nSPS) is 13.9. The second-order valence-electron chi connectivity index (χ2n) is 9.29. The first-order valence-corrected chi connectivity index (χ1v) is 12.6. The van der Waals surface area contributed by atoms with E-state index in [1.54, 1.807) is 35.4 Å². The average Bonchev–Trinajstić information content (AvgIpc) is 3.39. The first-order chi connectivity index (χ1) is 18.7. The third-order valence-electron chi connectivity index (χ3n) is 6.60. The second-order valence-corrected chi connectivity index (χ2v) is 9.29. The molecule has 10 nitrogen and oxygen atoms in total. The lowest BCUT2D eigenvalue weighted by Gasteiger charge is -2.22. The molecule has 5 aromatic rings. The molecular formula is C28H25N9O. The van der Waals surface area contributed by atoms with Crippen LogP contribution in [0.4, 0.5) is 0 Å². The minimum atomic E-state index is 0.456. The van der Waals surface area contributed by atoms with Crippen molar-refractivity contribution in [2.75, 3.05) is 19.7 Å². The number of benzene rings is 2. The maximum absolute atomic E-state index is 9.22. The van der Waals surface area contributed by atoms with E-state index in [1.165, 1.54) is 0 Å². The predicted molar refractivity (Wildman–Crippen MR) is 141 cm³/mol. The fourth-order valence-electron chi connectivity index (χ4n) is 4.53. The first-order valence-electron chi connectivity index (χ1n) is 12.6. The third-order valence-corrected chi connectivity index (χ3v) is 6.60. The summed E-state index contributed by atoms with van der Waals surface area (Å²) in [6.45, 7) is 3.25. The van der Waals surface area contributed by atoms with E-state index in [1.807, 2.05) is 36.4 Å². The quantitative estimate of drug-likeness (QED) is 0.354. The van der Waals surface area contributed by atoms with E-state index in [4.69, 9.17) is 9.72 Å². The molecule has 10 heteroatoms. The molecule has 0 spiro atoms. The molecule has 0 radical (unpaired) electrons. The largest absolute Gasteiger partial charge is 0.490 e. The maximum Gasteiger partial charge on any atom is 0.221 e.